The zero-order valence-electron chi connectivity index (χ0n) is 8.29. The van der Waals surface area contributed by atoms with Crippen molar-refractivity contribution in [3.63, 3.8) is 0 Å². The van der Waals surface area contributed by atoms with Crippen LogP contribution in [0.1, 0.15) is 0 Å². The summed E-state index contributed by atoms with van der Waals surface area (Å²) in [5.74, 6) is 1.41. The molecule has 0 aliphatic heterocycles. The highest BCUT2D eigenvalue weighted by atomic mass is 32.1. The van der Waals surface area contributed by atoms with Gasteiger partial charge in [0.05, 0.1) is 5.51 Å². The molecule has 4 nitrogen and oxygen atoms in total. The molecule has 0 aliphatic carbocycles. The van der Waals surface area contributed by atoms with Gasteiger partial charge in [0.1, 0.15) is 5.69 Å². The van der Waals surface area contributed by atoms with Gasteiger partial charge >= 0.3 is 0 Å². The van der Waals surface area contributed by atoms with Crippen molar-refractivity contribution in [1.82, 2.24) is 20.2 Å². The number of hydrogen-bond acceptors (Lipinski definition) is 4. The number of rotatable bonds is 2. The lowest BCUT2D eigenvalue weighted by Gasteiger charge is -1.91. The minimum absolute atomic E-state index is 0.698. The summed E-state index contributed by atoms with van der Waals surface area (Å²) < 4.78 is 0. The summed E-state index contributed by atoms with van der Waals surface area (Å²) in [6.07, 6.45) is 0. The summed E-state index contributed by atoms with van der Waals surface area (Å²) in [5.41, 5.74) is 3.61. The average Bonchev–Trinajstić information content (AvgIpc) is 3.01. The fourth-order valence-corrected chi connectivity index (χ4v) is 1.96. The molecule has 0 unspecified atom stereocenters. The zero-order valence-corrected chi connectivity index (χ0v) is 9.11. The van der Waals surface area contributed by atoms with Gasteiger partial charge in [0.15, 0.2) is 11.6 Å². The van der Waals surface area contributed by atoms with Crippen LogP contribution < -0.4 is 0 Å². The maximum atomic E-state index is 4.40. The second-order valence-electron chi connectivity index (χ2n) is 3.25. The van der Waals surface area contributed by atoms with E-state index in [1.54, 1.807) is 16.8 Å². The number of thiazole rings is 1. The molecular weight excluding hydrogens is 220 g/mol. The van der Waals surface area contributed by atoms with Crippen LogP contribution in [-0.4, -0.2) is 20.2 Å². The molecule has 1 N–H and O–H groups in total. The largest absolute Gasteiger partial charge is 0.257 e. The van der Waals surface area contributed by atoms with Gasteiger partial charge in [0, 0.05) is 10.9 Å². The van der Waals surface area contributed by atoms with E-state index >= 15 is 0 Å². The number of aromatic amines is 1. The molecule has 0 saturated carbocycles. The van der Waals surface area contributed by atoms with Crippen molar-refractivity contribution in [2.45, 2.75) is 0 Å². The van der Waals surface area contributed by atoms with Crippen LogP contribution in [0.4, 0.5) is 0 Å². The van der Waals surface area contributed by atoms with Gasteiger partial charge in [-0.25, -0.2) is 9.97 Å². The Labute approximate surface area is 96.0 Å². The summed E-state index contributed by atoms with van der Waals surface area (Å²) in [6.45, 7) is 0. The van der Waals surface area contributed by atoms with Crippen molar-refractivity contribution in [1.29, 1.82) is 0 Å². The number of benzene rings is 1. The summed E-state index contributed by atoms with van der Waals surface area (Å²) in [6, 6.07) is 9.86. The first kappa shape index (κ1) is 9.23. The van der Waals surface area contributed by atoms with Gasteiger partial charge in [-0.15, -0.1) is 11.3 Å². The number of nitrogens with zero attached hydrogens (tertiary/aromatic N) is 3. The van der Waals surface area contributed by atoms with Crippen molar-refractivity contribution in [2.24, 2.45) is 0 Å². The van der Waals surface area contributed by atoms with E-state index in [1.165, 1.54) is 0 Å². The van der Waals surface area contributed by atoms with Crippen LogP contribution in [0.25, 0.3) is 22.9 Å². The lowest BCUT2D eigenvalue weighted by molar-refractivity contribution is 1.09. The first-order chi connectivity index (χ1) is 7.93. The second kappa shape index (κ2) is 3.86. The molecule has 0 spiro atoms. The van der Waals surface area contributed by atoms with Crippen molar-refractivity contribution in [3.05, 3.63) is 41.2 Å². The molecule has 0 saturated heterocycles. The van der Waals surface area contributed by atoms with Crippen molar-refractivity contribution >= 4 is 11.3 Å². The predicted octanol–water partition coefficient (Wildman–Crippen LogP) is 2.60. The van der Waals surface area contributed by atoms with E-state index in [4.69, 9.17) is 0 Å². The average molecular weight is 228 g/mol. The molecule has 1 aromatic carbocycles. The minimum Gasteiger partial charge on any atom is -0.257 e. The first-order valence-corrected chi connectivity index (χ1v) is 5.74. The van der Waals surface area contributed by atoms with E-state index in [-0.39, 0.29) is 0 Å². The Kier molecular flexibility index (Phi) is 2.23. The van der Waals surface area contributed by atoms with E-state index in [0.717, 1.165) is 11.3 Å². The Morgan fingerprint density at radius 2 is 2.00 bits per heavy atom. The van der Waals surface area contributed by atoms with Crippen LogP contribution in [0.2, 0.25) is 0 Å². The van der Waals surface area contributed by atoms with Gasteiger partial charge in [0.2, 0.25) is 0 Å². The first-order valence-electron chi connectivity index (χ1n) is 4.80. The third-order valence-corrected chi connectivity index (χ3v) is 2.78. The van der Waals surface area contributed by atoms with E-state index < -0.39 is 0 Å². The second-order valence-corrected chi connectivity index (χ2v) is 3.97. The van der Waals surface area contributed by atoms with Crippen LogP contribution in [-0.2, 0) is 0 Å². The molecule has 2 heterocycles. The molecule has 3 aromatic rings. The Balaban J connectivity index is 2.00. The fraction of sp³-hybridized carbons (Fsp3) is 0. The van der Waals surface area contributed by atoms with Crippen LogP contribution >= 0.6 is 11.3 Å². The van der Waals surface area contributed by atoms with E-state index in [1.807, 2.05) is 35.7 Å². The van der Waals surface area contributed by atoms with Gasteiger partial charge < -0.3 is 0 Å². The smallest absolute Gasteiger partial charge is 0.181 e. The summed E-state index contributed by atoms with van der Waals surface area (Å²) in [4.78, 5) is 8.58. The molecule has 3 rings (SSSR count). The van der Waals surface area contributed by atoms with Crippen molar-refractivity contribution < 1.29 is 0 Å². The normalized spacial score (nSPS) is 10.5. The predicted molar refractivity (Wildman–Crippen MR) is 62.9 cm³/mol. The van der Waals surface area contributed by atoms with Gasteiger partial charge in [-0.2, -0.15) is 5.10 Å². The van der Waals surface area contributed by atoms with Crippen LogP contribution in [0.3, 0.4) is 0 Å². The molecule has 16 heavy (non-hydrogen) atoms. The van der Waals surface area contributed by atoms with Crippen molar-refractivity contribution in [3.8, 4) is 22.9 Å². The zero-order chi connectivity index (χ0) is 10.8. The molecule has 0 radical (unpaired) electrons. The Hall–Kier alpha value is -2.01. The minimum atomic E-state index is 0.698. The molecule has 0 fully saturated rings. The maximum absolute atomic E-state index is 4.40. The highest BCUT2D eigenvalue weighted by Gasteiger charge is 2.07. The highest BCUT2D eigenvalue weighted by Crippen LogP contribution is 2.19. The highest BCUT2D eigenvalue weighted by molar-refractivity contribution is 7.07. The Morgan fingerprint density at radius 1 is 1.12 bits per heavy atom. The Bertz CT molecular complexity index is 571. The molecule has 0 atom stereocenters. The maximum Gasteiger partial charge on any atom is 0.181 e. The molecule has 0 bridgehead atoms. The molecule has 0 aliphatic rings. The topological polar surface area (TPSA) is 54.5 Å². The van der Waals surface area contributed by atoms with Gasteiger partial charge in [-0.3, -0.25) is 5.10 Å². The number of hydrogen-bond donors (Lipinski definition) is 1. The monoisotopic (exact) mass is 228 g/mol. The third-order valence-electron chi connectivity index (χ3n) is 2.19. The molecular formula is C11H8N4S. The fourth-order valence-electron chi connectivity index (χ4n) is 1.42. The van der Waals surface area contributed by atoms with E-state index in [2.05, 4.69) is 20.2 Å². The quantitative estimate of drug-likeness (QED) is 0.733. The van der Waals surface area contributed by atoms with Crippen LogP contribution in [0, 0.1) is 0 Å². The number of nitrogens with one attached hydrogen (secondary N) is 1. The number of aromatic nitrogens is 4. The van der Waals surface area contributed by atoms with Gasteiger partial charge in [-0.1, -0.05) is 30.3 Å². The summed E-state index contributed by atoms with van der Waals surface area (Å²) in [7, 11) is 0. The number of H-pyrrole nitrogens is 1. The SMILES string of the molecule is c1ccc(-c2n[nH]c(-c3cscn3)n2)cc1. The van der Waals surface area contributed by atoms with Crippen molar-refractivity contribution in [2.75, 3.05) is 0 Å². The summed E-state index contributed by atoms with van der Waals surface area (Å²) >= 11 is 1.54. The molecule has 0 amide bonds. The van der Waals surface area contributed by atoms with E-state index in [9.17, 15) is 0 Å². The molecule has 2 aromatic heterocycles. The van der Waals surface area contributed by atoms with Crippen LogP contribution in [0.15, 0.2) is 41.2 Å². The van der Waals surface area contributed by atoms with Gasteiger partial charge in [-0.05, 0) is 0 Å². The third kappa shape index (κ3) is 1.61. The summed E-state index contributed by atoms with van der Waals surface area (Å²) in [5, 5.41) is 9.00. The van der Waals surface area contributed by atoms with Crippen LogP contribution in [0.5, 0.6) is 0 Å². The van der Waals surface area contributed by atoms with Gasteiger partial charge in [0.25, 0.3) is 0 Å². The lowest BCUT2D eigenvalue weighted by atomic mass is 10.2. The molecule has 5 heteroatoms. The van der Waals surface area contributed by atoms with E-state index in [0.29, 0.717) is 11.6 Å². The lowest BCUT2D eigenvalue weighted by Crippen LogP contribution is -1.80. The Morgan fingerprint density at radius 3 is 2.75 bits per heavy atom. The standard InChI is InChI=1S/C11H8N4S/c1-2-4-8(5-3-1)10-13-11(15-14-10)9-6-16-7-12-9/h1-7H,(H,13,14,15). The molecule has 78 valence electrons.